The topological polar surface area (TPSA) is 43.8 Å². The predicted molar refractivity (Wildman–Crippen MR) is 81.8 cm³/mol. The minimum atomic E-state index is 0.121. The van der Waals surface area contributed by atoms with Crippen molar-refractivity contribution in [1.29, 1.82) is 0 Å². The number of nitrogens with zero attached hydrogens (tertiary/aromatic N) is 2. The van der Waals surface area contributed by atoms with E-state index in [-0.39, 0.29) is 6.04 Å². The molecule has 0 saturated carbocycles. The quantitative estimate of drug-likeness (QED) is 0.862. The second-order valence-electron chi connectivity index (χ2n) is 4.63. The van der Waals surface area contributed by atoms with Crippen LogP contribution in [0.15, 0.2) is 35.2 Å². The van der Waals surface area contributed by atoms with Gasteiger partial charge in [0.05, 0.1) is 5.69 Å². The molecule has 1 unspecified atom stereocenters. The molecule has 0 aliphatic heterocycles. The fourth-order valence-electron chi connectivity index (χ4n) is 1.92. The van der Waals surface area contributed by atoms with Crippen molar-refractivity contribution in [3.05, 3.63) is 46.7 Å². The first kappa shape index (κ1) is 14.4. The monoisotopic (exact) mass is 295 g/mol. The van der Waals surface area contributed by atoms with Gasteiger partial charge in [-0.15, -0.1) is 11.8 Å². The second-order valence-corrected chi connectivity index (χ2v) is 6.16. The number of hydrogen-bond donors (Lipinski definition) is 1. The van der Waals surface area contributed by atoms with Crippen LogP contribution in [-0.4, -0.2) is 21.6 Å². The van der Waals surface area contributed by atoms with Gasteiger partial charge in [0, 0.05) is 40.9 Å². The van der Waals surface area contributed by atoms with E-state index in [9.17, 15) is 0 Å². The van der Waals surface area contributed by atoms with E-state index >= 15 is 0 Å². The summed E-state index contributed by atoms with van der Waals surface area (Å²) in [6, 6.07) is 10.1. The lowest BCUT2D eigenvalue weighted by Gasteiger charge is -2.11. The van der Waals surface area contributed by atoms with Crippen LogP contribution in [0.2, 0.25) is 5.02 Å². The highest BCUT2D eigenvalue weighted by Gasteiger charge is 2.09. The third-order valence-electron chi connectivity index (χ3n) is 2.85. The molecular formula is C14H18ClN3S. The fraction of sp³-hybridized carbons (Fsp3) is 0.357. The molecule has 1 aromatic heterocycles. The number of hydrogen-bond acceptors (Lipinski definition) is 3. The second kappa shape index (κ2) is 6.46. The number of halogens is 1. The molecule has 2 aromatic rings. The number of benzene rings is 1. The zero-order valence-electron chi connectivity index (χ0n) is 11.1. The molecule has 0 bridgehead atoms. The summed E-state index contributed by atoms with van der Waals surface area (Å²) >= 11 is 7.61. The average Bonchev–Trinajstić information content (AvgIpc) is 2.67. The normalized spacial score (nSPS) is 12.6. The van der Waals surface area contributed by atoms with Crippen LogP contribution < -0.4 is 5.73 Å². The summed E-state index contributed by atoms with van der Waals surface area (Å²) in [5.74, 6) is 0.881. The van der Waals surface area contributed by atoms with Crippen molar-refractivity contribution >= 4 is 23.4 Å². The predicted octanol–water partition coefficient (Wildman–Crippen LogP) is 3.04. The van der Waals surface area contributed by atoms with Gasteiger partial charge in [-0.05, 0) is 37.3 Å². The van der Waals surface area contributed by atoms with E-state index in [2.05, 4.69) is 11.2 Å². The Labute approximate surface area is 123 Å². The first-order valence-corrected chi connectivity index (χ1v) is 7.54. The standard InChI is InChI=1S/C14H18ClN3S/c1-10-7-13(18(2)17-10)8-12(16)9-19-14-5-3-11(15)4-6-14/h3-7,12H,8-9,16H2,1-2H3. The van der Waals surface area contributed by atoms with E-state index in [1.165, 1.54) is 10.6 Å². The van der Waals surface area contributed by atoms with Crippen LogP contribution in [0.5, 0.6) is 0 Å². The van der Waals surface area contributed by atoms with Crippen LogP contribution in [0.4, 0.5) is 0 Å². The van der Waals surface area contributed by atoms with Crippen LogP contribution >= 0.6 is 23.4 Å². The largest absolute Gasteiger partial charge is 0.327 e. The van der Waals surface area contributed by atoms with Gasteiger partial charge in [-0.3, -0.25) is 4.68 Å². The van der Waals surface area contributed by atoms with E-state index in [0.717, 1.165) is 22.9 Å². The van der Waals surface area contributed by atoms with E-state index in [1.807, 2.05) is 42.9 Å². The van der Waals surface area contributed by atoms with Gasteiger partial charge in [0.2, 0.25) is 0 Å². The van der Waals surface area contributed by atoms with Crippen molar-refractivity contribution in [1.82, 2.24) is 9.78 Å². The van der Waals surface area contributed by atoms with Crippen LogP contribution in [-0.2, 0) is 13.5 Å². The van der Waals surface area contributed by atoms with Crippen molar-refractivity contribution in [2.45, 2.75) is 24.3 Å². The summed E-state index contributed by atoms with van der Waals surface area (Å²) in [4.78, 5) is 1.20. The Bertz CT molecular complexity index is 536. The van der Waals surface area contributed by atoms with Gasteiger partial charge in [0.15, 0.2) is 0 Å². The fourth-order valence-corrected chi connectivity index (χ4v) is 2.90. The summed E-state index contributed by atoms with van der Waals surface area (Å²) in [5.41, 5.74) is 8.39. The first-order valence-electron chi connectivity index (χ1n) is 6.18. The minimum absolute atomic E-state index is 0.121. The van der Waals surface area contributed by atoms with Crippen molar-refractivity contribution in [3.8, 4) is 0 Å². The minimum Gasteiger partial charge on any atom is -0.327 e. The maximum atomic E-state index is 6.17. The SMILES string of the molecule is Cc1cc(CC(N)CSc2ccc(Cl)cc2)n(C)n1. The molecule has 5 heteroatoms. The van der Waals surface area contributed by atoms with Crippen LogP contribution in [0.1, 0.15) is 11.4 Å². The molecule has 0 fully saturated rings. The lowest BCUT2D eigenvalue weighted by atomic mass is 10.2. The van der Waals surface area contributed by atoms with E-state index in [4.69, 9.17) is 17.3 Å². The molecule has 0 saturated heterocycles. The van der Waals surface area contributed by atoms with Gasteiger partial charge in [-0.25, -0.2) is 0 Å². The first-order chi connectivity index (χ1) is 9.04. The van der Waals surface area contributed by atoms with Gasteiger partial charge in [0.1, 0.15) is 0 Å². The molecule has 0 aliphatic carbocycles. The van der Waals surface area contributed by atoms with E-state index < -0.39 is 0 Å². The summed E-state index contributed by atoms with van der Waals surface area (Å²) < 4.78 is 1.90. The Morgan fingerprint density at radius 2 is 2.05 bits per heavy atom. The Hall–Kier alpha value is -0.970. The number of rotatable bonds is 5. The number of nitrogens with two attached hydrogens (primary N) is 1. The molecule has 2 N–H and O–H groups in total. The Kier molecular flexibility index (Phi) is 4.91. The molecule has 0 radical (unpaired) electrons. The summed E-state index contributed by atoms with van der Waals surface area (Å²) in [5, 5.41) is 5.09. The smallest absolute Gasteiger partial charge is 0.0596 e. The van der Waals surface area contributed by atoms with E-state index in [0.29, 0.717) is 0 Å². The highest BCUT2D eigenvalue weighted by molar-refractivity contribution is 7.99. The molecule has 0 aliphatic rings. The number of aryl methyl sites for hydroxylation is 2. The molecule has 19 heavy (non-hydrogen) atoms. The van der Waals surface area contributed by atoms with Crippen LogP contribution in [0, 0.1) is 6.92 Å². The molecule has 102 valence electrons. The molecule has 1 aromatic carbocycles. The lowest BCUT2D eigenvalue weighted by molar-refractivity contribution is 0.653. The lowest BCUT2D eigenvalue weighted by Crippen LogP contribution is -2.26. The zero-order valence-corrected chi connectivity index (χ0v) is 12.7. The molecule has 1 atom stereocenters. The Balaban J connectivity index is 1.86. The highest BCUT2D eigenvalue weighted by atomic mass is 35.5. The maximum absolute atomic E-state index is 6.17. The molecule has 3 nitrogen and oxygen atoms in total. The Morgan fingerprint density at radius 1 is 1.37 bits per heavy atom. The average molecular weight is 296 g/mol. The summed E-state index contributed by atoms with van der Waals surface area (Å²) in [6.45, 7) is 2.00. The van der Waals surface area contributed by atoms with E-state index in [1.54, 1.807) is 11.8 Å². The van der Waals surface area contributed by atoms with Crippen molar-refractivity contribution in [3.63, 3.8) is 0 Å². The van der Waals surface area contributed by atoms with Gasteiger partial charge in [-0.1, -0.05) is 11.6 Å². The highest BCUT2D eigenvalue weighted by Crippen LogP contribution is 2.21. The third kappa shape index (κ3) is 4.27. The summed E-state index contributed by atoms with van der Waals surface area (Å²) in [7, 11) is 1.96. The van der Waals surface area contributed by atoms with Gasteiger partial charge in [0.25, 0.3) is 0 Å². The van der Waals surface area contributed by atoms with Crippen molar-refractivity contribution < 1.29 is 0 Å². The van der Waals surface area contributed by atoms with Gasteiger partial charge in [-0.2, -0.15) is 5.10 Å². The van der Waals surface area contributed by atoms with Gasteiger partial charge < -0.3 is 5.73 Å². The molecule has 0 amide bonds. The summed E-state index contributed by atoms with van der Waals surface area (Å²) in [6.07, 6.45) is 0.845. The van der Waals surface area contributed by atoms with Crippen LogP contribution in [0.3, 0.4) is 0 Å². The molecule has 1 heterocycles. The van der Waals surface area contributed by atoms with Crippen molar-refractivity contribution in [2.24, 2.45) is 12.8 Å². The Morgan fingerprint density at radius 3 is 2.63 bits per heavy atom. The molecular weight excluding hydrogens is 278 g/mol. The third-order valence-corrected chi connectivity index (χ3v) is 4.30. The van der Waals surface area contributed by atoms with Gasteiger partial charge >= 0.3 is 0 Å². The number of thioether (sulfide) groups is 1. The molecule has 0 spiro atoms. The van der Waals surface area contributed by atoms with Crippen molar-refractivity contribution in [2.75, 3.05) is 5.75 Å². The maximum Gasteiger partial charge on any atom is 0.0596 e. The van der Waals surface area contributed by atoms with Crippen LogP contribution in [0.25, 0.3) is 0 Å². The molecule has 2 rings (SSSR count). The number of aromatic nitrogens is 2. The zero-order chi connectivity index (χ0) is 13.8.